The molecule has 1 fully saturated rings. The van der Waals surface area contributed by atoms with E-state index in [1.54, 1.807) is 13.8 Å². The van der Waals surface area contributed by atoms with Gasteiger partial charge in [0.25, 0.3) is 5.91 Å². The Hall–Kier alpha value is -2.53. The van der Waals surface area contributed by atoms with Crippen LogP contribution in [0.25, 0.3) is 0 Å². The Morgan fingerprint density at radius 3 is 2.62 bits per heavy atom. The maximum atomic E-state index is 12.6. The summed E-state index contributed by atoms with van der Waals surface area (Å²) in [5, 5.41) is 16.3. The number of aromatic nitrogens is 2. The standard InChI is InChI=1S/C17H19ClN4O6S/c1-7-12(18)8(2)21(20-7)4-11(24)19-13-15(25)22-14(17(26)27)10(5-28-9(3)23)6-29-16(13)22/h13,16H,4-6H2,1-3H3,(H,19,24)(H,26,27)/t13-,16-/m1/s1. The van der Waals surface area contributed by atoms with Crippen LogP contribution in [0.1, 0.15) is 18.3 Å². The molecule has 2 N–H and O–H groups in total. The Labute approximate surface area is 175 Å². The third-order valence-electron chi connectivity index (χ3n) is 4.60. The fourth-order valence-corrected chi connectivity index (χ4v) is 4.63. The normalized spacial score (nSPS) is 20.8. The van der Waals surface area contributed by atoms with Gasteiger partial charge in [-0.05, 0) is 13.8 Å². The molecule has 2 amide bonds. The van der Waals surface area contributed by atoms with E-state index in [2.05, 4.69) is 10.4 Å². The number of ether oxygens (including phenoxy) is 1. The number of hydrogen-bond donors (Lipinski definition) is 2. The van der Waals surface area contributed by atoms with Crippen LogP contribution in [0.5, 0.6) is 0 Å². The fraction of sp³-hybridized carbons (Fsp3) is 0.471. The number of rotatable bonds is 6. The molecule has 1 aromatic rings. The molecular weight excluding hydrogens is 424 g/mol. The summed E-state index contributed by atoms with van der Waals surface area (Å²) >= 11 is 7.37. The number of carbonyl (C=O) groups excluding carboxylic acids is 3. The van der Waals surface area contributed by atoms with Crippen molar-refractivity contribution in [3.05, 3.63) is 27.7 Å². The first kappa shape index (κ1) is 21.2. The number of halogens is 1. The monoisotopic (exact) mass is 442 g/mol. The second-order valence-electron chi connectivity index (χ2n) is 6.64. The number of nitrogens with one attached hydrogen (secondary N) is 1. The Bertz CT molecular complexity index is 943. The number of aliphatic carboxylic acids is 1. The van der Waals surface area contributed by atoms with Crippen LogP contribution in [0.4, 0.5) is 0 Å². The van der Waals surface area contributed by atoms with Crippen LogP contribution in [-0.2, 0) is 30.5 Å². The number of nitrogens with zero attached hydrogens (tertiary/aromatic N) is 3. The molecular formula is C17H19ClN4O6S. The molecule has 0 aliphatic carbocycles. The maximum absolute atomic E-state index is 12.6. The zero-order valence-corrected chi connectivity index (χ0v) is 17.5. The number of carboxylic acid groups (broad SMARTS) is 1. The molecule has 1 aromatic heterocycles. The van der Waals surface area contributed by atoms with Crippen molar-refractivity contribution in [1.29, 1.82) is 0 Å². The van der Waals surface area contributed by atoms with Crippen LogP contribution in [0, 0.1) is 13.8 Å². The minimum atomic E-state index is -1.28. The molecule has 3 heterocycles. The van der Waals surface area contributed by atoms with Gasteiger partial charge in [0.1, 0.15) is 30.3 Å². The van der Waals surface area contributed by atoms with Crippen molar-refractivity contribution in [3.63, 3.8) is 0 Å². The van der Waals surface area contributed by atoms with Gasteiger partial charge in [-0.2, -0.15) is 5.10 Å². The molecule has 0 aromatic carbocycles. The van der Waals surface area contributed by atoms with Gasteiger partial charge in [0.05, 0.1) is 16.4 Å². The molecule has 0 bridgehead atoms. The molecule has 156 valence electrons. The Balaban J connectivity index is 1.70. The first-order valence-corrected chi connectivity index (χ1v) is 10.1. The molecule has 2 aliphatic heterocycles. The minimum absolute atomic E-state index is 0.111. The summed E-state index contributed by atoms with van der Waals surface area (Å²) in [6.45, 7) is 4.37. The van der Waals surface area contributed by atoms with Crippen LogP contribution in [-0.4, -0.2) is 67.3 Å². The lowest BCUT2D eigenvalue weighted by Gasteiger charge is -2.49. The Morgan fingerprint density at radius 1 is 1.38 bits per heavy atom. The number of carbonyl (C=O) groups is 4. The highest BCUT2D eigenvalue weighted by atomic mass is 35.5. The van der Waals surface area contributed by atoms with E-state index >= 15 is 0 Å². The number of hydrogen-bond acceptors (Lipinski definition) is 7. The number of β-lactam (4-membered cyclic amide) rings is 1. The van der Waals surface area contributed by atoms with E-state index in [-0.39, 0.29) is 24.6 Å². The van der Waals surface area contributed by atoms with Crippen molar-refractivity contribution >= 4 is 47.1 Å². The third kappa shape index (κ3) is 3.97. The summed E-state index contributed by atoms with van der Waals surface area (Å²) in [5.74, 6) is -2.52. The van der Waals surface area contributed by atoms with Crippen molar-refractivity contribution < 1.29 is 29.0 Å². The largest absolute Gasteiger partial charge is 0.477 e. The summed E-state index contributed by atoms with van der Waals surface area (Å²) in [6, 6.07) is -0.843. The zero-order chi connectivity index (χ0) is 21.5. The van der Waals surface area contributed by atoms with E-state index in [1.165, 1.54) is 23.4 Å². The van der Waals surface area contributed by atoms with Crippen molar-refractivity contribution in [2.45, 2.75) is 38.7 Å². The fourth-order valence-electron chi connectivity index (χ4n) is 3.17. The third-order valence-corrected chi connectivity index (χ3v) is 6.49. The van der Waals surface area contributed by atoms with Gasteiger partial charge in [-0.15, -0.1) is 11.8 Å². The predicted octanol–water partition coefficient (Wildman–Crippen LogP) is 0.455. The van der Waals surface area contributed by atoms with Gasteiger partial charge in [-0.1, -0.05) is 11.6 Å². The molecule has 2 aliphatic rings. The van der Waals surface area contributed by atoms with E-state index in [1.807, 2.05) is 0 Å². The maximum Gasteiger partial charge on any atom is 0.352 e. The summed E-state index contributed by atoms with van der Waals surface area (Å²) in [6.07, 6.45) is 0. The molecule has 0 unspecified atom stereocenters. The first-order chi connectivity index (χ1) is 13.6. The Kier molecular flexibility index (Phi) is 5.90. The molecule has 0 saturated carbocycles. The van der Waals surface area contributed by atoms with Gasteiger partial charge in [0, 0.05) is 18.2 Å². The highest BCUT2D eigenvalue weighted by Crippen LogP contribution is 2.40. The van der Waals surface area contributed by atoms with Gasteiger partial charge in [0.15, 0.2) is 0 Å². The average molecular weight is 443 g/mol. The lowest BCUT2D eigenvalue weighted by Crippen LogP contribution is -2.70. The SMILES string of the molecule is CC(=O)OCC1=C(C(=O)O)N2C(=O)[C@@H](NC(=O)Cn3nc(C)c(Cl)c3C)[C@H]2SC1. The lowest BCUT2D eigenvalue weighted by molar-refractivity contribution is -0.151. The number of carboxylic acids is 1. The Morgan fingerprint density at radius 2 is 2.07 bits per heavy atom. The molecule has 1 saturated heterocycles. The summed E-state index contributed by atoms with van der Waals surface area (Å²) in [5.41, 5.74) is 1.38. The molecule has 0 radical (unpaired) electrons. The minimum Gasteiger partial charge on any atom is -0.477 e. The van der Waals surface area contributed by atoms with Crippen molar-refractivity contribution in [2.24, 2.45) is 0 Å². The summed E-state index contributed by atoms with van der Waals surface area (Å²) in [4.78, 5) is 48.8. The highest BCUT2D eigenvalue weighted by molar-refractivity contribution is 8.00. The van der Waals surface area contributed by atoms with Gasteiger partial charge in [0.2, 0.25) is 5.91 Å². The number of amides is 2. The average Bonchev–Trinajstić information content (AvgIpc) is 2.89. The van der Waals surface area contributed by atoms with E-state index in [4.69, 9.17) is 16.3 Å². The van der Waals surface area contributed by atoms with E-state index in [0.717, 1.165) is 4.90 Å². The van der Waals surface area contributed by atoms with Crippen molar-refractivity contribution in [1.82, 2.24) is 20.0 Å². The highest BCUT2D eigenvalue weighted by Gasteiger charge is 2.54. The molecule has 0 spiro atoms. The van der Waals surface area contributed by atoms with Gasteiger partial charge >= 0.3 is 11.9 Å². The lowest BCUT2D eigenvalue weighted by atomic mass is 10.0. The summed E-state index contributed by atoms with van der Waals surface area (Å²) < 4.78 is 6.33. The van der Waals surface area contributed by atoms with Crippen molar-refractivity contribution in [2.75, 3.05) is 12.4 Å². The topological polar surface area (TPSA) is 131 Å². The van der Waals surface area contributed by atoms with Crippen LogP contribution >= 0.6 is 23.4 Å². The van der Waals surface area contributed by atoms with E-state index in [9.17, 15) is 24.3 Å². The number of esters is 1. The van der Waals surface area contributed by atoms with Crippen LogP contribution in [0.2, 0.25) is 5.02 Å². The van der Waals surface area contributed by atoms with E-state index in [0.29, 0.717) is 22.0 Å². The molecule has 12 heteroatoms. The molecule has 29 heavy (non-hydrogen) atoms. The van der Waals surface area contributed by atoms with Gasteiger partial charge in [-0.3, -0.25) is 24.0 Å². The van der Waals surface area contributed by atoms with Gasteiger partial charge < -0.3 is 15.2 Å². The molecule has 3 rings (SSSR count). The van der Waals surface area contributed by atoms with Crippen molar-refractivity contribution in [3.8, 4) is 0 Å². The number of thioether (sulfide) groups is 1. The molecule has 10 nitrogen and oxygen atoms in total. The summed E-state index contributed by atoms with van der Waals surface area (Å²) in [7, 11) is 0. The van der Waals surface area contributed by atoms with Crippen LogP contribution in [0.15, 0.2) is 11.3 Å². The van der Waals surface area contributed by atoms with E-state index < -0.39 is 35.2 Å². The quantitative estimate of drug-likeness (QED) is 0.479. The number of aryl methyl sites for hydroxylation is 1. The zero-order valence-electron chi connectivity index (χ0n) is 15.9. The smallest absolute Gasteiger partial charge is 0.352 e. The first-order valence-electron chi connectivity index (χ1n) is 8.64. The predicted molar refractivity (Wildman–Crippen MR) is 103 cm³/mol. The number of fused-ring (bicyclic) bond motifs is 1. The second kappa shape index (κ2) is 8.07. The van der Waals surface area contributed by atoms with Crippen LogP contribution in [0.3, 0.4) is 0 Å². The van der Waals surface area contributed by atoms with Gasteiger partial charge in [-0.25, -0.2) is 4.79 Å². The molecule has 2 atom stereocenters. The van der Waals surface area contributed by atoms with Crippen LogP contribution < -0.4 is 5.32 Å². The second-order valence-corrected chi connectivity index (χ2v) is 8.12.